The van der Waals surface area contributed by atoms with E-state index in [1.54, 1.807) is 0 Å². The van der Waals surface area contributed by atoms with E-state index in [2.05, 4.69) is 0 Å². The molecule has 1 atom stereocenters. The van der Waals surface area contributed by atoms with Gasteiger partial charge in [-0.2, -0.15) is 4.31 Å². The number of benzene rings is 1. The van der Waals surface area contributed by atoms with Crippen LogP contribution in [0.1, 0.15) is 5.56 Å². The van der Waals surface area contributed by atoms with Crippen molar-refractivity contribution < 1.29 is 22.7 Å². The number of nitrogens with zero attached hydrogens (tertiary/aromatic N) is 1. The molecule has 0 spiro atoms. The molecule has 1 fully saturated rings. The largest absolute Gasteiger partial charge is 0.480 e. The standard InChI is InChI=1S/C11H12FNO4S2/c1-7-4-8(12)2-3-10(7)19(16,17)13-6-18-5-9(13)11(14)15/h2-4,9H,5-6H2,1H3,(H,14,15)/t9-/m0/s1. The van der Waals surface area contributed by atoms with Crippen LogP contribution in [0.25, 0.3) is 0 Å². The highest BCUT2D eigenvalue weighted by Gasteiger charge is 2.40. The number of aryl methyl sites for hydroxylation is 1. The second-order valence-corrected chi connectivity index (χ2v) is 7.01. The minimum absolute atomic E-state index is 0.0531. The van der Waals surface area contributed by atoms with E-state index in [0.29, 0.717) is 0 Å². The maximum atomic E-state index is 13.0. The summed E-state index contributed by atoms with van der Waals surface area (Å²) in [5.41, 5.74) is 0.265. The number of thioether (sulfide) groups is 1. The molecule has 1 aromatic rings. The molecule has 5 nitrogen and oxygen atoms in total. The zero-order valence-corrected chi connectivity index (χ0v) is 11.7. The van der Waals surface area contributed by atoms with Crippen LogP contribution in [0.3, 0.4) is 0 Å². The van der Waals surface area contributed by atoms with Crippen LogP contribution in [0.4, 0.5) is 4.39 Å². The maximum absolute atomic E-state index is 13.0. The van der Waals surface area contributed by atoms with Gasteiger partial charge in [0.1, 0.15) is 11.9 Å². The molecule has 2 rings (SSSR count). The van der Waals surface area contributed by atoms with Gasteiger partial charge in [0, 0.05) is 5.75 Å². The zero-order chi connectivity index (χ0) is 14.2. The van der Waals surface area contributed by atoms with Gasteiger partial charge < -0.3 is 5.11 Å². The SMILES string of the molecule is Cc1cc(F)ccc1S(=O)(=O)N1CSC[C@H]1C(=O)O. The summed E-state index contributed by atoms with van der Waals surface area (Å²) < 4.78 is 38.8. The molecule has 0 bridgehead atoms. The van der Waals surface area contributed by atoms with E-state index < -0.39 is 27.9 Å². The van der Waals surface area contributed by atoms with Crippen molar-refractivity contribution in [1.82, 2.24) is 4.31 Å². The first kappa shape index (κ1) is 14.3. The Morgan fingerprint density at radius 3 is 2.79 bits per heavy atom. The fourth-order valence-corrected chi connectivity index (χ4v) is 5.23. The summed E-state index contributed by atoms with van der Waals surface area (Å²) in [5, 5.41) is 9.03. The lowest BCUT2D eigenvalue weighted by molar-refractivity contribution is -0.140. The van der Waals surface area contributed by atoms with Gasteiger partial charge in [-0.3, -0.25) is 4.79 Å². The number of rotatable bonds is 3. The van der Waals surface area contributed by atoms with Crippen molar-refractivity contribution in [1.29, 1.82) is 0 Å². The summed E-state index contributed by atoms with van der Waals surface area (Å²) in [6.45, 7) is 1.48. The number of aliphatic carboxylic acids is 1. The van der Waals surface area contributed by atoms with Crippen molar-refractivity contribution in [3.63, 3.8) is 0 Å². The third-order valence-corrected chi connectivity index (χ3v) is 6.04. The van der Waals surface area contributed by atoms with E-state index in [1.807, 2.05) is 0 Å². The van der Waals surface area contributed by atoms with Crippen molar-refractivity contribution >= 4 is 27.8 Å². The first-order valence-corrected chi connectivity index (χ1v) is 8.02. The predicted octanol–water partition coefficient (Wildman–Crippen LogP) is 1.28. The second-order valence-electron chi connectivity index (χ2n) is 4.16. The topological polar surface area (TPSA) is 74.7 Å². The highest BCUT2D eigenvalue weighted by molar-refractivity contribution is 8.00. The van der Waals surface area contributed by atoms with Gasteiger partial charge in [0.2, 0.25) is 10.0 Å². The number of carboxylic acid groups (broad SMARTS) is 1. The van der Waals surface area contributed by atoms with Gasteiger partial charge in [0.05, 0.1) is 10.8 Å². The van der Waals surface area contributed by atoms with Gasteiger partial charge in [0.25, 0.3) is 0 Å². The first-order chi connectivity index (χ1) is 8.84. The van der Waals surface area contributed by atoms with Crippen LogP contribution in [0.2, 0.25) is 0 Å². The molecule has 0 unspecified atom stereocenters. The number of hydrogen-bond acceptors (Lipinski definition) is 4. The van der Waals surface area contributed by atoms with Crippen LogP contribution in [-0.4, -0.2) is 41.5 Å². The molecule has 1 aromatic carbocycles. The van der Waals surface area contributed by atoms with Crippen molar-refractivity contribution in [2.24, 2.45) is 0 Å². The Kier molecular flexibility index (Phi) is 3.84. The monoisotopic (exact) mass is 305 g/mol. The van der Waals surface area contributed by atoms with E-state index in [1.165, 1.54) is 24.8 Å². The number of hydrogen-bond donors (Lipinski definition) is 1. The van der Waals surface area contributed by atoms with E-state index >= 15 is 0 Å². The van der Waals surface area contributed by atoms with Gasteiger partial charge in [-0.1, -0.05) is 0 Å². The van der Waals surface area contributed by atoms with Crippen LogP contribution in [0.15, 0.2) is 23.1 Å². The Morgan fingerprint density at radius 1 is 1.53 bits per heavy atom. The van der Waals surface area contributed by atoms with Gasteiger partial charge in [-0.05, 0) is 30.7 Å². The molecule has 1 heterocycles. The number of halogens is 1. The molecule has 0 aromatic heterocycles. The van der Waals surface area contributed by atoms with Crippen LogP contribution in [-0.2, 0) is 14.8 Å². The minimum atomic E-state index is -3.92. The molecular weight excluding hydrogens is 293 g/mol. The van der Waals surface area contributed by atoms with E-state index in [9.17, 15) is 17.6 Å². The molecule has 1 aliphatic heterocycles. The normalized spacial score (nSPS) is 20.6. The third-order valence-electron chi connectivity index (χ3n) is 2.85. The Morgan fingerprint density at radius 2 is 2.21 bits per heavy atom. The molecule has 0 radical (unpaired) electrons. The fraction of sp³-hybridized carbons (Fsp3) is 0.364. The van der Waals surface area contributed by atoms with Crippen LogP contribution in [0, 0.1) is 12.7 Å². The number of sulfonamides is 1. The number of carboxylic acids is 1. The van der Waals surface area contributed by atoms with Crippen molar-refractivity contribution in [3.05, 3.63) is 29.6 Å². The molecule has 1 aliphatic rings. The van der Waals surface area contributed by atoms with Crippen LogP contribution >= 0.6 is 11.8 Å². The van der Waals surface area contributed by atoms with Crippen molar-refractivity contribution in [2.45, 2.75) is 17.9 Å². The van der Waals surface area contributed by atoms with Gasteiger partial charge in [-0.15, -0.1) is 11.8 Å². The summed E-state index contributed by atoms with van der Waals surface area (Å²) in [5.74, 6) is -1.39. The maximum Gasteiger partial charge on any atom is 0.322 e. The highest BCUT2D eigenvalue weighted by atomic mass is 32.2. The average Bonchev–Trinajstić information content (AvgIpc) is 2.77. The minimum Gasteiger partial charge on any atom is -0.480 e. The van der Waals surface area contributed by atoms with Crippen LogP contribution in [0.5, 0.6) is 0 Å². The average molecular weight is 305 g/mol. The number of carbonyl (C=O) groups is 1. The van der Waals surface area contributed by atoms with Crippen LogP contribution < -0.4 is 0 Å². The first-order valence-electron chi connectivity index (χ1n) is 5.42. The van der Waals surface area contributed by atoms with Crippen molar-refractivity contribution in [3.8, 4) is 0 Å². The summed E-state index contributed by atoms with van der Waals surface area (Å²) >= 11 is 1.24. The van der Waals surface area contributed by atoms with E-state index in [0.717, 1.165) is 16.4 Å². The Labute approximate surface area is 114 Å². The zero-order valence-electron chi connectivity index (χ0n) is 10.0. The molecule has 8 heteroatoms. The molecule has 19 heavy (non-hydrogen) atoms. The molecule has 1 N–H and O–H groups in total. The highest BCUT2D eigenvalue weighted by Crippen LogP contribution is 2.29. The quantitative estimate of drug-likeness (QED) is 0.910. The lowest BCUT2D eigenvalue weighted by Crippen LogP contribution is -2.41. The van der Waals surface area contributed by atoms with E-state index in [-0.39, 0.29) is 22.1 Å². The lowest BCUT2D eigenvalue weighted by atomic mass is 10.2. The summed E-state index contributed by atoms with van der Waals surface area (Å²) in [6, 6.07) is 2.27. The van der Waals surface area contributed by atoms with Crippen molar-refractivity contribution in [2.75, 3.05) is 11.6 Å². The Balaban J connectivity index is 2.45. The van der Waals surface area contributed by atoms with Gasteiger partial charge >= 0.3 is 5.97 Å². The molecule has 0 amide bonds. The second kappa shape index (κ2) is 5.10. The van der Waals surface area contributed by atoms with Gasteiger partial charge in [0.15, 0.2) is 0 Å². The molecule has 0 saturated carbocycles. The molecule has 0 aliphatic carbocycles. The Hall–Kier alpha value is -1.12. The predicted molar refractivity (Wildman–Crippen MR) is 68.9 cm³/mol. The molecular formula is C11H12FNO4S2. The smallest absolute Gasteiger partial charge is 0.322 e. The Bertz CT molecular complexity index is 617. The summed E-state index contributed by atoms with van der Waals surface area (Å²) in [4.78, 5) is 11.0. The van der Waals surface area contributed by atoms with E-state index in [4.69, 9.17) is 5.11 Å². The molecule has 104 valence electrons. The fourth-order valence-electron chi connectivity index (χ4n) is 1.89. The lowest BCUT2D eigenvalue weighted by Gasteiger charge is -2.21. The summed E-state index contributed by atoms with van der Waals surface area (Å²) in [6.07, 6.45) is 0. The third kappa shape index (κ3) is 2.60. The summed E-state index contributed by atoms with van der Waals surface area (Å²) in [7, 11) is -3.92. The molecule has 1 saturated heterocycles. The van der Waals surface area contributed by atoms with Gasteiger partial charge in [-0.25, -0.2) is 12.8 Å².